The highest BCUT2D eigenvalue weighted by molar-refractivity contribution is 6.31. The summed E-state index contributed by atoms with van der Waals surface area (Å²) in [6, 6.07) is 5.78. The summed E-state index contributed by atoms with van der Waals surface area (Å²) in [6.45, 7) is 1.58. The molecule has 0 amide bonds. The minimum Gasteiger partial charge on any atom is -0.357 e. The van der Waals surface area contributed by atoms with Crippen molar-refractivity contribution >= 4 is 17.3 Å². The highest BCUT2D eigenvalue weighted by Crippen LogP contribution is 2.34. The zero-order valence-electron chi connectivity index (χ0n) is 12.3. The van der Waals surface area contributed by atoms with E-state index in [1.807, 2.05) is 0 Å². The summed E-state index contributed by atoms with van der Waals surface area (Å²) >= 11 is 5.77. The maximum Gasteiger partial charge on any atom is 0.417 e. The quantitative estimate of drug-likeness (QED) is 0.380. The number of alkyl halides is 3. The molecule has 0 aliphatic carbocycles. The van der Waals surface area contributed by atoms with E-state index in [9.17, 15) is 22.0 Å². The lowest BCUT2D eigenvalue weighted by atomic mass is 10.0. The Balaban J connectivity index is 2.40. The molecule has 0 radical (unpaired) electrons. The average Bonchev–Trinajstić information content (AvgIpc) is 2.50. The van der Waals surface area contributed by atoms with Crippen molar-refractivity contribution in [1.29, 1.82) is 0 Å². The molecule has 0 spiro atoms. The van der Waals surface area contributed by atoms with Gasteiger partial charge in [-0.25, -0.2) is 8.78 Å². The van der Waals surface area contributed by atoms with Crippen LogP contribution in [0.1, 0.15) is 24.5 Å². The van der Waals surface area contributed by atoms with Gasteiger partial charge in [0.25, 0.3) is 0 Å². The van der Waals surface area contributed by atoms with E-state index in [2.05, 4.69) is 5.16 Å². The van der Waals surface area contributed by atoms with E-state index >= 15 is 0 Å². The molecule has 0 aliphatic rings. The zero-order valence-corrected chi connectivity index (χ0v) is 13.1. The molecule has 0 N–H and O–H groups in total. The molecule has 0 heterocycles. The van der Waals surface area contributed by atoms with E-state index in [1.54, 1.807) is 6.92 Å². The van der Waals surface area contributed by atoms with Gasteiger partial charge < -0.3 is 4.84 Å². The van der Waals surface area contributed by atoms with Crippen molar-refractivity contribution in [2.75, 3.05) is 0 Å². The van der Waals surface area contributed by atoms with E-state index < -0.39 is 23.4 Å². The van der Waals surface area contributed by atoms with Crippen molar-refractivity contribution in [2.45, 2.75) is 19.5 Å². The third-order valence-electron chi connectivity index (χ3n) is 3.09. The molecule has 0 atom stereocenters. The Morgan fingerprint density at radius 1 is 1.08 bits per heavy atom. The molecular weight excluding hydrogens is 353 g/mol. The van der Waals surface area contributed by atoms with Gasteiger partial charge in [0.2, 0.25) is 0 Å². The van der Waals surface area contributed by atoms with Crippen LogP contribution in [0.3, 0.4) is 0 Å². The Bertz CT molecular complexity index is 774. The maximum absolute atomic E-state index is 13.1. The van der Waals surface area contributed by atoms with Crippen LogP contribution in [0.5, 0.6) is 5.75 Å². The first-order valence-electron chi connectivity index (χ1n) is 6.78. The number of benzene rings is 2. The van der Waals surface area contributed by atoms with Crippen molar-refractivity contribution in [1.82, 2.24) is 0 Å². The predicted molar refractivity (Wildman–Crippen MR) is 80.3 cm³/mol. The number of halogens is 6. The smallest absolute Gasteiger partial charge is 0.357 e. The van der Waals surface area contributed by atoms with E-state index in [0.717, 1.165) is 36.4 Å². The minimum absolute atomic E-state index is 0.0328. The highest BCUT2D eigenvalue weighted by atomic mass is 35.5. The van der Waals surface area contributed by atoms with Crippen LogP contribution in [-0.4, -0.2) is 5.71 Å². The molecule has 8 heteroatoms. The van der Waals surface area contributed by atoms with Gasteiger partial charge in [-0.2, -0.15) is 13.2 Å². The summed E-state index contributed by atoms with van der Waals surface area (Å²) in [5.41, 5.74) is -1.18. The summed E-state index contributed by atoms with van der Waals surface area (Å²) in [5.74, 6) is -2.37. The Morgan fingerprint density at radius 2 is 1.79 bits per heavy atom. The molecular formula is C16H11ClF5NO. The SMILES string of the molecule is CCC(=NOc1ccc(F)c(F)c1)c1cc(Cl)ccc1C(F)(F)F. The normalized spacial score (nSPS) is 12.4. The van der Waals surface area contributed by atoms with Crippen LogP contribution in [0.4, 0.5) is 22.0 Å². The van der Waals surface area contributed by atoms with Crippen molar-refractivity contribution < 1.29 is 26.8 Å². The van der Waals surface area contributed by atoms with Crippen LogP contribution in [0.2, 0.25) is 5.02 Å². The van der Waals surface area contributed by atoms with Crippen molar-refractivity contribution in [2.24, 2.45) is 5.16 Å². The van der Waals surface area contributed by atoms with Crippen molar-refractivity contribution in [3.8, 4) is 5.75 Å². The number of hydrogen-bond donors (Lipinski definition) is 0. The maximum atomic E-state index is 13.1. The van der Waals surface area contributed by atoms with Crippen LogP contribution in [0.25, 0.3) is 0 Å². The van der Waals surface area contributed by atoms with Crippen molar-refractivity contribution in [3.63, 3.8) is 0 Å². The van der Waals surface area contributed by atoms with E-state index in [1.165, 1.54) is 0 Å². The van der Waals surface area contributed by atoms with E-state index in [4.69, 9.17) is 16.4 Å². The van der Waals surface area contributed by atoms with Gasteiger partial charge in [-0.05, 0) is 36.8 Å². The van der Waals surface area contributed by atoms with Gasteiger partial charge in [0.05, 0.1) is 11.3 Å². The lowest BCUT2D eigenvalue weighted by Crippen LogP contribution is -2.14. The molecule has 128 valence electrons. The molecule has 24 heavy (non-hydrogen) atoms. The summed E-state index contributed by atoms with van der Waals surface area (Å²) in [5, 5.41) is 3.74. The van der Waals surface area contributed by atoms with Gasteiger partial charge >= 0.3 is 6.18 Å². The van der Waals surface area contributed by atoms with Gasteiger partial charge in [0.15, 0.2) is 17.4 Å². The monoisotopic (exact) mass is 363 g/mol. The number of hydrogen-bond acceptors (Lipinski definition) is 2. The summed E-state index contributed by atoms with van der Waals surface area (Å²) in [4.78, 5) is 4.93. The third kappa shape index (κ3) is 4.23. The fourth-order valence-electron chi connectivity index (χ4n) is 1.95. The van der Waals surface area contributed by atoms with E-state index in [0.29, 0.717) is 0 Å². The fourth-order valence-corrected chi connectivity index (χ4v) is 2.12. The first kappa shape index (κ1) is 18.2. The number of rotatable bonds is 4. The van der Waals surface area contributed by atoms with Crippen LogP contribution >= 0.6 is 11.6 Å². The largest absolute Gasteiger partial charge is 0.417 e. The summed E-state index contributed by atoms with van der Waals surface area (Å²) in [6.07, 6.45) is -4.50. The molecule has 2 nitrogen and oxygen atoms in total. The second-order valence-corrected chi connectivity index (χ2v) is 5.18. The molecule has 2 aromatic rings. The third-order valence-corrected chi connectivity index (χ3v) is 3.32. The second kappa shape index (κ2) is 7.17. The fraction of sp³-hybridized carbons (Fsp3) is 0.188. The topological polar surface area (TPSA) is 21.6 Å². The predicted octanol–water partition coefficient (Wildman–Crippen LogP) is 5.83. The first-order chi connectivity index (χ1) is 11.2. The molecule has 2 aromatic carbocycles. The van der Waals surface area contributed by atoms with Crippen LogP contribution in [0, 0.1) is 11.6 Å². The van der Waals surface area contributed by atoms with Gasteiger partial charge in [-0.3, -0.25) is 0 Å². The molecule has 0 saturated carbocycles. The Kier molecular flexibility index (Phi) is 5.43. The number of oxime groups is 1. The van der Waals surface area contributed by atoms with Crippen LogP contribution in [-0.2, 0) is 6.18 Å². The molecule has 0 aliphatic heterocycles. The van der Waals surface area contributed by atoms with Crippen molar-refractivity contribution in [3.05, 3.63) is 64.2 Å². The zero-order chi connectivity index (χ0) is 17.9. The molecule has 0 aromatic heterocycles. The second-order valence-electron chi connectivity index (χ2n) is 4.75. The van der Waals surface area contributed by atoms with Crippen LogP contribution in [0.15, 0.2) is 41.6 Å². The lowest BCUT2D eigenvalue weighted by Gasteiger charge is -2.14. The Morgan fingerprint density at radius 3 is 2.38 bits per heavy atom. The molecule has 0 bridgehead atoms. The molecule has 0 saturated heterocycles. The first-order valence-corrected chi connectivity index (χ1v) is 7.16. The van der Waals surface area contributed by atoms with E-state index in [-0.39, 0.29) is 28.5 Å². The van der Waals surface area contributed by atoms with Gasteiger partial charge in [-0.1, -0.05) is 23.7 Å². The molecule has 0 unspecified atom stereocenters. The average molecular weight is 364 g/mol. The Hall–Kier alpha value is -2.15. The van der Waals surface area contributed by atoms with Gasteiger partial charge in [0.1, 0.15) is 0 Å². The van der Waals surface area contributed by atoms with Gasteiger partial charge in [-0.15, -0.1) is 0 Å². The highest BCUT2D eigenvalue weighted by Gasteiger charge is 2.34. The summed E-state index contributed by atoms with van der Waals surface area (Å²) in [7, 11) is 0. The standard InChI is InChI=1S/C16H11ClF5NO/c1-2-15(23-24-10-4-6-13(18)14(19)8-10)11-7-9(17)3-5-12(11)16(20,21)22/h3-8H,2H2,1H3. The molecule has 2 rings (SSSR count). The number of nitrogens with zero attached hydrogens (tertiary/aromatic N) is 1. The summed E-state index contributed by atoms with van der Waals surface area (Å²) < 4.78 is 65.3. The lowest BCUT2D eigenvalue weighted by molar-refractivity contribution is -0.137. The van der Waals surface area contributed by atoms with Crippen LogP contribution < -0.4 is 4.84 Å². The minimum atomic E-state index is -4.60. The molecule has 0 fully saturated rings. The van der Waals surface area contributed by atoms with Gasteiger partial charge in [0, 0.05) is 16.7 Å². The Labute approximate surface area is 139 Å².